The lowest BCUT2D eigenvalue weighted by Gasteiger charge is -2.15. The van der Waals surface area contributed by atoms with Crippen molar-refractivity contribution in [2.45, 2.75) is 19.0 Å². The van der Waals surface area contributed by atoms with Crippen LogP contribution in [-0.4, -0.2) is 30.4 Å². The minimum atomic E-state index is -1.64. The molecule has 2 unspecified atom stereocenters. The van der Waals surface area contributed by atoms with Crippen molar-refractivity contribution in [3.63, 3.8) is 0 Å². The highest BCUT2D eigenvalue weighted by Gasteiger charge is 2.37. The summed E-state index contributed by atoms with van der Waals surface area (Å²) in [4.78, 5) is 36.3. The molecular formula is C18H15Cl2N3O4. The number of esters is 1. The largest absolute Gasteiger partial charge is 0.464 e. The summed E-state index contributed by atoms with van der Waals surface area (Å²) in [5.41, 5.74) is 0.434. The van der Waals surface area contributed by atoms with E-state index in [0.717, 1.165) is 0 Å². The standard InChI is InChI=1S/C18H15Cl2N3O4/c1-2-27-18(25)16(22-21-14-6-4-3-5-13(14)20)15(23-26)17(24)11-7-9-12(19)10-8-11/h3-10,15-16H,2H2,1H3. The molecule has 0 amide bonds. The van der Waals surface area contributed by atoms with Crippen LogP contribution in [0.25, 0.3) is 0 Å². The number of carbonyl (C=O) groups excluding carboxylic acids is 2. The summed E-state index contributed by atoms with van der Waals surface area (Å²) >= 11 is 11.8. The third kappa shape index (κ3) is 5.42. The SMILES string of the molecule is CCOC(=O)C(N=Nc1ccccc1Cl)C(N=O)C(=O)c1ccc(Cl)cc1. The first-order valence-corrected chi connectivity index (χ1v) is 8.67. The Morgan fingerprint density at radius 2 is 1.70 bits per heavy atom. The second-order valence-electron chi connectivity index (χ2n) is 5.29. The van der Waals surface area contributed by atoms with Gasteiger partial charge in [-0.15, -0.1) is 4.91 Å². The maximum absolute atomic E-state index is 12.6. The van der Waals surface area contributed by atoms with Crippen molar-refractivity contribution in [2.24, 2.45) is 15.4 Å². The van der Waals surface area contributed by atoms with E-state index in [-0.39, 0.29) is 17.9 Å². The fraction of sp³-hybridized carbons (Fsp3) is 0.222. The number of benzene rings is 2. The number of halogens is 2. The van der Waals surface area contributed by atoms with Crippen LogP contribution < -0.4 is 0 Å². The van der Waals surface area contributed by atoms with Crippen LogP contribution in [0.1, 0.15) is 17.3 Å². The van der Waals surface area contributed by atoms with Crippen molar-refractivity contribution in [3.05, 3.63) is 69.0 Å². The maximum atomic E-state index is 12.6. The van der Waals surface area contributed by atoms with Crippen LogP contribution in [-0.2, 0) is 9.53 Å². The number of hydrogen-bond donors (Lipinski definition) is 0. The van der Waals surface area contributed by atoms with E-state index in [1.807, 2.05) is 0 Å². The van der Waals surface area contributed by atoms with Crippen LogP contribution in [0.15, 0.2) is 63.9 Å². The Balaban J connectivity index is 2.36. The molecule has 0 aliphatic heterocycles. The molecule has 9 heteroatoms. The van der Waals surface area contributed by atoms with Crippen molar-refractivity contribution in [2.75, 3.05) is 6.61 Å². The Bertz CT molecular complexity index is 856. The Labute approximate surface area is 165 Å². The zero-order valence-electron chi connectivity index (χ0n) is 14.2. The summed E-state index contributed by atoms with van der Waals surface area (Å²) in [5.74, 6) is -1.59. The fourth-order valence-electron chi connectivity index (χ4n) is 2.16. The van der Waals surface area contributed by atoms with E-state index in [9.17, 15) is 14.5 Å². The molecule has 2 aromatic rings. The van der Waals surface area contributed by atoms with E-state index in [0.29, 0.717) is 10.0 Å². The Morgan fingerprint density at radius 3 is 2.30 bits per heavy atom. The molecule has 0 saturated heterocycles. The second kappa shape index (κ2) is 9.89. The summed E-state index contributed by atoms with van der Waals surface area (Å²) in [6, 6.07) is 9.17. The molecule has 0 saturated carbocycles. The number of Topliss-reactive ketones (excluding diaryl/α,β-unsaturated/α-hetero) is 1. The van der Waals surface area contributed by atoms with Gasteiger partial charge in [-0.2, -0.15) is 10.2 Å². The smallest absolute Gasteiger partial charge is 0.335 e. The van der Waals surface area contributed by atoms with Gasteiger partial charge in [-0.05, 0) is 43.3 Å². The van der Waals surface area contributed by atoms with Gasteiger partial charge in [0.25, 0.3) is 0 Å². The van der Waals surface area contributed by atoms with E-state index in [2.05, 4.69) is 15.4 Å². The van der Waals surface area contributed by atoms with Gasteiger partial charge < -0.3 is 4.74 Å². The predicted molar refractivity (Wildman–Crippen MR) is 102 cm³/mol. The van der Waals surface area contributed by atoms with Gasteiger partial charge in [-0.3, -0.25) is 4.79 Å². The van der Waals surface area contributed by atoms with E-state index in [1.54, 1.807) is 31.2 Å². The quantitative estimate of drug-likeness (QED) is 0.265. The third-order valence-corrected chi connectivity index (χ3v) is 4.05. The van der Waals surface area contributed by atoms with Crippen LogP contribution >= 0.6 is 23.2 Å². The number of nitrogens with zero attached hydrogens (tertiary/aromatic N) is 3. The van der Waals surface area contributed by atoms with Crippen LogP contribution in [0.4, 0.5) is 5.69 Å². The Hall–Kier alpha value is -2.64. The van der Waals surface area contributed by atoms with Crippen LogP contribution in [0.3, 0.4) is 0 Å². The minimum Gasteiger partial charge on any atom is -0.464 e. The summed E-state index contributed by atoms with van der Waals surface area (Å²) < 4.78 is 4.91. The number of ether oxygens (including phenoxy) is 1. The molecule has 0 radical (unpaired) electrons. The van der Waals surface area contributed by atoms with E-state index >= 15 is 0 Å². The molecule has 2 atom stereocenters. The van der Waals surface area contributed by atoms with E-state index in [4.69, 9.17) is 27.9 Å². The van der Waals surface area contributed by atoms with Gasteiger partial charge >= 0.3 is 5.97 Å². The Morgan fingerprint density at radius 1 is 1.04 bits per heavy atom. The summed E-state index contributed by atoms with van der Waals surface area (Å²) in [7, 11) is 0. The molecule has 0 spiro atoms. The van der Waals surface area contributed by atoms with E-state index in [1.165, 1.54) is 24.3 Å². The number of nitroso groups, excluding NO2 is 1. The first-order valence-electron chi connectivity index (χ1n) is 7.92. The molecule has 7 nitrogen and oxygen atoms in total. The molecule has 0 fully saturated rings. The molecule has 0 aromatic heterocycles. The number of rotatable bonds is 8. The second-order valence-corrected chi connectivity index (χ2v) is 6.13. The lowest BCUT2D eigenvalue weighted by Crippen LogP contribution is -2.38. The summed E-state index contributed by atoms with van der Waals surface area (Å²) in [6.07, 6.45) is 0. The number of carbonyl (C=O) groups is 2. The van der Waals surface area contributed by atoms with Crippen LogP contribution in [0, 0.1) is 4.91 Å². The lowest BCUT2D eigenvalue weighted by molar-refractivity contribution is -0.144. The van der Waals surface area contributed by atoms with E-state index < -0.39 is 23.8 Å². The molecule has 0 aliphatic carbocycles. The van der Waals surface area contributed by atoms with Crippen molar-refractivity contribution >= 4 is 40.6 Å². The monoisotopic (exact) mass is 407 g/mol. The summed E-state index contributed by atoms with van der Waals surface area (Å²) in [6.45, 7) is 1.63. The zero-order chi connectivity index (χ0) is 19.8. The lowest BCUT2D eigenvalue weighted by atomic mass is 9.99. The van der Waals surface area contributed by atoms with Gasteiger partial charge in [0.05, 0.1) is 11.6 Å². The summed E-state index contributed by atoms with van der Waals surface area (Å²) in [5, 5.41) is 11.2. The topological polar surface area (TPSA) is 97.5 Å². The molecule has 0 N–H and O–H groups in total. The highest BCUT2D eigenvalue weighted by Crippen LogP contribution is 2.25. The van der Waals surface area contributed by atoms with Crippen molar-refractivity contribution in [1.29, 1.82) is 0 Å². The number of hydrogen-bond acceptors (Lipinski definition) is 7. The molecule has 2 rings (SSSR count). The first-order chi connectivity index (χ1) is 13.0. The molecule has 2 aromatic carbocycles. The van der Waals surface area contributed by atoms with Crippen LogP contribution in [0.2, 0.25) is 10.0 Å². The van der Waals surface area contributed by atoms with Crippen LogP contribution in [0.5, 0.6) is 0 Å². The van der Waals surface area contributed by atoms with Gasteiger partial charge in [0.1, 0.15) is 5.69 Å². The van der Waals surface area contributed by atoms with Crippen molar-refractivity contribution in [3.8, 4) is 0 Å². The zero-order valence-corrected chi connectivity index (χ0v) is 15.7. The van der Waals surface area contributed by atoms with Gasteiger partial charge in [0, 0.05) is 10.6 Å². The highest BCUT2D eigenvalue weighted by molar-refractivity contribution is 6.32. The molecular weight excluding hydrogens is 393 g/mol. The number of azo groups is 1. The molecule has 0 bridgehead atoms. The third-order valence-electron chi connectivity index (χ3n) is 3.48. The van der Waals surface area contributed by atoms with Crippen molar-refractivity contribution < 1.29 is 14.3 Å². The fourth-order valence-corrected chi connectivity index (χ4v) is 2.46. The minimum absolute atomic E-state index is 0.0393. The van der Waals surface area contributed by atoms with Gasteiger partial charge in [0.15, 0.2) is 11.8 Å². The molecule has 0 heterocycles. The average molecular weight is 408 g/mol. The van der Waals surface area contributed by atoms with Crippen molar-refractivity contribution in [1.82, 2.24) is 0 Å². The average Bonchev–Trinajstić information content (AvgIpc) is 2.66. The Kier molecular flexibility index (Phi) is 7.57. The predicted octanol–water partition coefficient (Wildman–Crippen LogP) is 5.03. The maximum Gasteiger partial charge on any atom is 0.335 e. The first kappa shape index (κ1) is 20.7. The number of ketones is 1. The highest BCUT2D eigenvalue weighted by atomic mass is 35.5. The van der Waals surface area contributed by atoms with Gasteiger partial charge in [0.2, 0.25) is 6.04 Å². The van der Waals surface area contributed by atoms with Gasteiger partial charge in [-0.1, -0.05) is 40.5 Å². The molecule has 0 aliphatic rings. The van der Waals surface area contributed by atoms with Gasteiger partial charge in [-0.25, -0.2) is 4.79 Å². The normalized spacial score (nSPS) is 13.1. The molecule has 27 heavy (non-hydrogen) atoms. The molecule has 140 valence electrons.